The standard InChI is InChI=1S/C15H19FN2S/c1-10-6-5-7-11(16)14(10)17-8-13-18-12(9-19-13)15(2,3)4/h5-7,9,17H,8H2,1-4H3. The second kappa shape index (κ2) is 5.29. The lowest BCUT2D eigenvalue weighted by atomic mass is 9.93. The number of halogens is 1. The van der Waals surface area contributed by atoms with E-state index in [2.05, 4.69) is 36.5 Å². The van der Waals surface area contributed by atoms with Crippen LogP contribution < -0.4 is 5.32 Å². The van der Waals surface area contributed by atoms with Crippen molar-refractivity contribution in [3.05, 3.63) is 45.7 Å². The van der Waals surface area contributed by atoms with Crippen LogP contribution in [0.2, 0.25) is 0 Å². The van der Waals surface area contributed by atoms with E-state index < -0.39 is 0 Å². The van der Waals surface area contributed by atoms with E-state index in [9.17, 15) is 4.39 Å². The number of aryl methyl sites for hydroxylation is 1. The normalized spacial score (nSPS) is 11.6. The molecule has 0 saturated carbocycles. The Balaban J connectivity index is 2.09. The molecule has 102 valence electrons. The van der Waals surface area contributed by atoms with Crippen LogP contribution >= 0.6 is 11.3 Å². The number of benzene rings is 1. The molecule has 0 unspecified atom stereocenters. The van der Waals surface area contributed by atoms with Gasteiger partial charge in [-0.3, -0.25) is 0 Å². The molecule has 0 aliphatic carbocycles. The molecule has 19 heavy (non-hydrogen) atoms. The van der Waals surface area contributed by atoms with Crippen LogP contribution in [-0.2, 0) is 12.0 Å². The third-order valence-corrected chi connectivity index (χ3v) is 3.81. The van der Waals surface area contributed by atoms with Gasteiger partial charge in [-0.05, 0) is 18.6 Å². The second-order valence-electron chi connectivity index (χ2n) is 5.66. The zero-order valence-electron chi connectivity index (χ0n) is 11.7. The van der Waals surface area contributed by atoms with Crippen molar-refractivity contribution in [2.45, 2.75) is 39.7 Å². The molecule has 1 heterocycles. The van der Waals surface area contributed by atoms with E-state index in [1.54, 1.807) is 17.4 Å². The highest BCUT2D eigenvalue weighted by Gasteiger charge is 2.17. The van der Waals surface area contributed by atoms with Crippen LogP contribution in [0.5, 0.6) is 0 Å². The van der Waals surface area contributed by atoms with Crippen LogP contribution in [0.1, 0.15) is 37.0 Å². The maximum Gasteiger partial charge on any atom is 0.146 e. The van der Waals surface area contributed by atoms with Crippen molar-refractivity contribution in [2.75, 3.05) is 5.32 Å². The van der Waals surface area contributed by atoms with Crippen LogP contribution in [0.4, 0.5) is 10.1 Å². The van der Waals surface area contributed by atoms with Gasteiger partial charge in [0, 0.05) is 10.8 Å². The Hall–Kier alpha value is -1.42. The van der Waals surface area contributed by atoms with E-state index >= 15 is 0 Å². The molecule has 0 aliphatic rings. The monoisotopic (exact) mass is 278 g/mol. The average Bonchev–Trinajstić information content (AvgIpc) is 2.77. The number of aromatic nitrogens is 1. The predicted molar refractivity (Wildman–Crippen MR) is 79.3 cm³/mol. The van der Waals surface area contributed by atoms with Gasteiger partial charge < -0.3 is 5.32 Å². The lowest BCUT2D eigenvalue weighted by Crippen LogP contribution is -2.12. The van der Waals surface area contributed by atoms with Crippen molar-refractivity contribution in [3.8, 4) is 0 Å². The van der Waals surface area contributed by atoms with E-state index in [1.165, 1.54) is 6.07 Å². The molecular weight excluding hydrogens is 259 g/mol. The molecule has 0 atom stereocenters. The van der Waals surface area contributed by atoms with E-state index in [0.717, 1.165) is 16.3 Å². The minimum atomic E-state index is -0.215. The van der Waals surface area contributed by atoms with E-state index in [0.29, 0.717) is 12.2 Å². The molecule has 1 N–H and O–H groups in total. The third kappa shape index (κ3) is 3.32. The quantitative estimate of drug-likeness (QED) is 0.894. The maximum atomic E-state index is 13.7. The van der Waals surface area contributed by atoms with Gasteiger partial charge in [0.2, 0.25) is 0 Å². The Morgan fingerprint density at radius 3 is 2.63 bits per heavy atom. The minimum absolute atomic E-state index is 0.0582. The molecule has 0 amide bonds. The molecule has 4 heteroatoms. The summed E-state index contributed by atoms with van der Waals surface area (Å²) >= 11 is 1.61. The van der Waals surface area contributed by atoms with Crippen molar-refractivity contribution >= 4 is 17.0 Å². The molecule has 0 radical (unpaired) electrons. The first-order valence-electron chi connectivity index (χ1n) is 6.32. The zero-order chi connectivity index (χ0) is 14.0. The highest BCUT2D eigenvalue weighted by atomic mass is 32.1. The van der Waals surface area contributed by atoms with Gasteiger partial charge in [-0.25, -0.2) is 9.37 Å². The number of hydrogen-bond acceptors (Lipinski definition) is 3. The molecule has 0 saturated heterocycles. The van der Waals surface area contributed by atoms with Gasteiger partial charge in [0.15, 0.2) is 0 Å². The number of para-hydroxylation sites is 1. The second-order valence-corrected chi connectivity index (χ2v) is 6.60. The molecule has 2 nitrogen and oxygen atoms in total. The van der Waals surface area contributed by atoms with Gasteiger partial charge in [-0.1, -0.05) is 32.9 Å². The summed E-state index contributed by atoms with van der Waals surface area (Å²) in [7, 11) is 0. The smallest absolute Gasteiger partial charge is 0.146 e. The van der Waals surface area contributed by atoms with Crippen molar-refractivity contribution in [3.63, 3.8) is 0 Å². The third-order valence-electron chi connectivity index (χ3n) is 2.96. The Kier molecular flexibility index (Phi) is 3.90. The maximum absolute atomic E-state index is 13.7. The summed E-state index contributed by atoms with van der Waals surface area (Å²) in [6.07, 6.45) is 0. The van der Waals surface area contributed by atoms with Crippen LogP contribution in [0.3, 0.4) is 0 Å². The first kappa shape index (κ1) is 14.0. The SMILES string of the molecule is Cc1cccc(F)c1NCc1nc(C(C)(C)C)cs1. The first-order valence-corrected chi connectivity index (χ1v) is 7.20. The molecule has 2 rings (SSSR count). The summed E-state index contributed by atoms with van der Waals surface area (Å²) in [5, 5.41) is 6.19. The molecule has 1 aromatic carbocycles. The molecule has 2 aromatic rings. The van der Waals surface area contributed by atoms with Crippen LogP contribution in [-0.4, -0.2) is 4.98 Å². The van der Waals surface area contributed by atoms with Crippen molar-refractivity contribution in [1.82, 2.24) is 4.98 Å². The molecule has 0 fully saturated rings. The molecule has 0 aliphatic heterocycles. The van der Waals surface area contributed by atoms with Gasteiger partial charge in [0.05, 0.1) is 17.9 Å². The Morgan fingerprint density at radius 1 is 1.32 bits per heavy atom. The number of thiazole rings is 1. The fourth-order valence-corrected chi connectivity index (χ4v) is 2.72. The topological polar surface area (TPSA) is 24.9 Å². The number of hydrogen-bond donors (Lipinski definition) is 1. The summed E-state index contributed by atoms with van der Waals surface area (Å²) in [6, 6.07) is 5.09. The zero-order valence-corrected chi connectivity index (χ0v) is 12.6. The summed E-state index contributed by atoms with van der Waals surface area (Å²) < 4.78 is 13.7. The fraction of sp³-hybridized carbons (Fsp3) is 0.400. The van der Waals surface area contributed by atoms with Gasteiger partial charge in [-0.2, -0.15) is 0 Å². The fourth-order valence-electron chi connectivity index (χ4n) is 1.76. The van der Waals surface area contributed by atoms with Gasteiger partial charge in [-0.15, -0.1) is 11.3 Å². The minimum Gasteiger partial charge on any atom is -0.376 e. The summed E-state index contributed by atoms with van der Waals surface area (Å²) in [5.74, 6) is -0.215. The van der Waals surface area contributed by atoms with Crippen molar-refractivity contribution in [2.24, 2.45) is 0 Å². The molecule has 0 bridgehead atoms. The van der Waals surface area contributed by atoms with Crippen molar-refractivity contribution in [1.29, 1.82) is 0 Å². The average molecular weight is 278 g/mol. The summed E-state index contributed by atoms with van der Waals surface area (Å²) in [6.45, 7) is 8.87. The molecule has 1 aromatic heterocycles. The largest absolute Gasteiger partial charge is 0.376 e. The van der Waals surface area contributed by atoms with Crippen molar-refractivity contribution < 1.29 is 4.39 Å². The lowest BCUT2D eigenvalue weighted by Gasteiger charge is -2.14. The summed E-state index contributed by atoms with van der Waals surface area (Å²) in [4.78, 5) is 4.59. The predicted octanol–water partition coefficient (Wildman–Crippen LogP) is 4.50. The Labute approximate surface area is 117 Å². The molecular formula is C15H19FN2S. The lowest BCUT2D eigenvalue weighted by molar-refractivity contribution is 0.571. The van der Waals surface area contributed by atoms with E-state index in [1.807, 2.05) is 13.0 Å². The summed E-state index contributed by atoms with van der Waals surface area (Å²) in [5.41, 5.74) is 2.62. The highest BCUT2D eigenvalue weighted by Crippen LogP contribution is 2.25. The highest BCUT2D eigenvalue weighted by molar-refractivity contribution is 7.09. The van der Waals surface area contributed by atoms with Gasteiger partial charge in [0.1, 0.15) is 10.8 Å². The van der Waals surface area contributed by atoms with Crippen LogP contribution in [0.15, 0.2) is 23.6 Å². The number of nitrogens with one attached hydrogen (secondary N) is 1. The Bertz CT molecular complexity index is 550. The van der Waals surface area contributed by atoms with Crippen LogP contribution in [0.25, 0.3) is 0 Å². The first-order chi connectivity index (χ1) is 8.88. The molecule has 0 spiro atoms. The Morgan fingerprint density at radius 2 is 2.05 bits per heavy atom. The van der Waals surface area contributed by atoms with E-state index in [4.69, 9.17) is 0 Å². The van der Waals surface area contributed by atoms with Crippen LogP contribution in [0, 0.1) is 12.7 Å². The van der Waals surface area contributed by atoms with Gasteiger partial charge in [0.25, 0.3) is 0 Å². The van der Waals surface area contributed by atoms with Gasteiger partial charge >= 0.3 is 0 Å². The number of rotatable bonds is 3. The van der Waals surface area contributed by atoms with E-state index in [-0.39, 0.29) is 11.2 Å². The number of nitrogens with zero attached hydrogens (tertiary/aromatic N) is 1. The number of anilines is 1.